The summed E-state index contributed by atoms with van der Waals surface area (Å²) in [6, 6.07) is 14.1. The van der Waals surface area contributed by atoms with Crippen molar-refractivity contribution in [3.63, 3.8) is 0 Å². The van der Waals surface area contributed by atoms with Gasteiger partial charge in [0, 0.05) is 16.7 Å². The zero-order valence-electron chi connectivity index (χ0n) is 17.4. The maximum atomic E-state index is 12.8. The molecule has 3 rings (SSSR count). The lowest BCUT2D eigenvalue weighted by molar-refractivity contribution is 0.0706. The molecule has 0 spiro atoms. The number of hydrogen-bond donors (Lipinski definition) is 3. The fraction of sp³-hybridized carbons (Fsp3) is 0.240. The quantitative estimate of drug-likeness (QED) is 0.368. The van der Waals surface area contributed by atoms with Gasteiger partial charge in [0.1, 0.15) is 0 Å². The number of amides is 2. The molecule has 5 heteroatoms. The van der Waals surface area contributed by atoms with Crippen molar-refractivity contribution in [2.45, 2.75) is 33.2 Å². The van der Waals surface area contributed by atoms with Crippen LogP contribution in [0.25, 0.3) is 5.57 Å². The molecule has 0 aliphatic heterocycles. The first-order valence-electron chi connectivity index (χ1n) is 9.97. The number of allylic oxidation sites excluding steroid dienone is 3. The SMILES string of the molecule is CC1=C=C(c2ccc(C(=O)N[C@@H](c3ccc(C(=O)NO)cc3)C(C)C)cc2)C=CC1. The summed E-state index contributed by atoms with van der Waals surface area (Å²) in [5.74, 6) is -0.576. The van der Waals surface area contributed by atoms with E-state index < -0.39 is 5.91 Å². The van der Waals surface area contributed by atoms with E-state index in [-0.39, 0.29) is 17.9 Å². The van der Waals surface area contributed by atoms with Crippen molar-refractivity contribution in [2.75, 3.05) is 0 Å². The lowest BCUT2D eigenvalue weighted by atomic mass is 9.94. The Morgan fingerprint density at radius 2 is 1.57 bits per heavy atom. The second-order valence-electron chi connectivity index (χ2n) is 7.76. The second-order valence-corrected chi connectivity index (χ2v) is 7.76. The summed E-state index contributed by atoms with van der Waals surface area (Å²) >= 11 is 0. The molecule has 0 heterocycles. The Morgan fingerprint density at radius 1 is 0.967 bits per heavy atom. The molecule has 0 radical (unpaired) electrons. The van der Waals surface area contributed by atoms with Crippen molar-refractivity contribution in [1.29, 1.82) is 0 Å². The van der Waals surface area contributed by atoms with Gasteiger partial charge in [-0.2, -0.15) is 0 Å². The highest BCUT2D eigenvalue weighted by molar-refractivity contribution is 5.95. The number of hydrogen-bond acceptors (Lipinski definition) is 3. The van der Waals surface area contributed by atoms with Gasteiger partial charge in [0.15, 0.2) is 0 Å². The van der Waals surface area contributed by atoms with E-state index in [1.807, 2.05) is 38.1 Å². The predicted molar refractivity (Wildman–Crippen MR) is 117 cm³/mol. The summed E-state index contributed by atoms with van der Waals surface area (Å²) in [5.41, 5.74) is 10.1. The summed E-state index contributed by atoms with van der Waals surface area (Å²) in [5, 5.41) is 11.8. The molecule has 1 atom stereocenters. The topological polar surface area (TPSA) is 78.4 Å². The number of carbonyl (C=O) groups excluding carboxylic acids is 2. The predicted octanol–water partition coefficient (Wildman–Crippen LogP) is 4.82. The monoisotopic (exact) mass is 402 g/mol. The highest BCUT2D eigenvalue weighted by Gasteiger charge is 2.20. The van der Waals surface area contributed by atoms with Gasteiger partial charge < -0.3 is 5.32 Å². The number of carbonyl (C=O) groups is 2. The molecular formula is C25H26N2O3. The first-order chi connectivity index (χ1) is 14.4. The van der Waals surface area contributed by atoms with Crippen molar-refractivity contribution < 1.29 is 14.8 Å². The van der Waals surface area contributed by atoms with E-state index in [2.05, 4.69) is 30.1 Å². The average molecular weight is 402 g/mol. The third-order valence-corrected chi connectivity index (χ3v) is 5.10. The molecule has 30 heavy (non-hydrogen) atoms. The van der Waals surface area contributed by atoms with Gasteiger partial charge >= 0.3 is 0 Å². The van der Waals surface area contributed by atoms with E-state index in [9.17, 15) is 9.59 Å². The molecular weight excluding hydrogens is 376 g/mol. The van der Waals surface area contributed by atoms with Crippen molar-refractivity contribution >= 4 is 17.4 Å². The van der Waals surface area contributed by atoms with Crippen LogP contribution in [-0.4, -0.2) is 17.0 Å². The van der Waals surface area contributed by atoms with Crippen LogP contribution in [0.4, 0.5) is 0 Å². The van der Waals surface area contributed by atoms with Gasteiger partial charge in [-0.1, -0.05) is 50.3 Å². The van der Waals surface area contributed by atoms with Crippen LogP contribution in [0, 0.1) is 5.92 Å². The summed E-state index contributed by atoms with van der Waals surface area (Å²) in [6.45, 7) is 6.11. The summed E-state index contributed by atoms with van der Waals surface area (Å²) in [7, 11) is 0. The third-order valence-electron chi connectivity index (χ3n) is 5.10. The van der Waals surface area contributed by atoms with E-state index in [0.717, 1.165) is 23.1 Å². The molecule has 1 aliphatic rings. The fourth-order valence-corrected chi connectivity index (χ4v) is 3.41. The van der Waals surface area contributed by atoms with E-state index in [1.54, 1.807) is 29.7 Å². The second kappa shape index (κ2) is 9.40. The molecule has 0 aromatic heterocycles. The van der Waals surface area contributed by atoms with Crippen LogP contribution in [0.2, 0.25) is 0 Å². The minimum atomic E-state index is -0.570. The number of nitrogens with one attached hydrogen (secondary N) is 2. The van der Waals surface area contributed by atoms with Crippen LogP contribution >= 0.6 is 0 Å². The van der Waals surface area contributed by atoms with Crippen molar-refractivity contribution in [2.24, 2.45) is 5.92 Å². The zero-order chi connectivity index (χ0) is 21.7. The van der Waals surface area contributed by atoms with Crippen LogP contribution in [0.5, 0.6) is 0 Å². The van der Waals surface area contributed by atoms with E-state index >= 15 is 0 Å². The highest BCUT2D eigenvalue weighted by Crippen LogP contribution is 2.24. The average Bonchev–Trinajstić information content (AvgIpc) is 2.77. The molecule has 0 saturated carbocycles. The Kier molecular flexibility index (Phi) is 6.68. The van der Waals surface area contributed by atoms with Crippen molar-refractivity contribution in [3.05, 3.63) is 94.2 Å². The standard InChI is InChI=1S/C25H26N2O3/c1-16(2)23(19-9-13-21(14-10-19)25(29)27-30)26-24(28)20-11-7-18(8-12-20)22-6-4-5-17(3)15-22/h4,6-14,16,23,30H,5H2,1-3H3,(H,26,28)(H,27,29)/t23-/m1/s1. The molecule has 0 fully saturated rings. The van der Waals surface area contributed by atoms with Crippen molar-refractivity contribution in [3.8, 4) is 0 Å². The minimum absolute atomic E-state index is 0.149. The largest absolute Gasteiger partial charge is 0.345 e. The van der Waals surface area contributed by atoms with Crippen LogP contribution in [0.1, 0.15) is 65.1 Å². The minimum Gasteiger partial charge on any atom is -0.345 e. The maximum absolute atomic E-state index is 12.8. The Morgan fingerprint density at radius 3 is 2.13 bits per heavy atom. The number of benzene rings is 2. The lowest BCUT2D eigenvalue weighted by Gasteiger charge is -2.23. The smallest absolute Gasteiger partial charge is 0.274 e. The molecule has 0 bridgehead atoms. The zero-order valence-corrected chi connectivity index (χ0v) is 17.4. The molecule has 154 valence electrons. The third kappa shape index (κ3) is 4.95. The van der Waals surface area contributed by atoms with Crippen LogP contribution in [0.15, 0.2) is 72.0 Å². The van der Waals surface area contributed by atoms with Crippen molar-refractivity contribution in [1.82, 2.24) is 10.8 Å². The summed E-state index contributed by atoms with van der Waals surface area (Å²) < 4.78 is 0. The van der Waals surface area contributed by atoms with Gasteiger partial charge in [0.2, 0.25) is 0 Å². The van der Waals surface area contributed by atoms with Gasteiger partial charge in [0.05, 0.1) is 6.04 Å². The first kappa shape index (κ1) is 21.3. The van der Waals surface area contributed by atoms with Gasteiger partial charge in [0.25, 0.3) is 11.8 Å². The molecule has 2 aromatic rings. The Labute approximate surface area is 176 Å². The summed E-state index contributed by atoms with van der Waals surface area (Å²) in [6.07, 6.45) is 5.09. The number of rotatable bonds is 6. The van der Waals surface area contributed by atoms with Gasteiger partial charge in [-0.15, -0.1) is 5.73 Å². The van der Waals surface area contributed by atoms with Gasteiger partial charge in [-0.25, -0.2) is 5.48 Å². The van der Waals surface area contributed by atoms with E-state index in [0.29, 0.717) is 11.1 Å². The maximum Gasteiger partial charge on any atom is 0.274 e. The summed E-state index contributed by atoms with van der Waals surface area (Å²) in [4.78, 5) is 24.4. The highest BCUT2D eigenvalue weighted by atomic mass is 16.5. The molecule has 0 saturated heterocycles. The normalized spacial score (nSPS) is 14.0. The Balaban J connectivity index is 1.76. The fourth-order valence-electron chi connectivity index (χ4n) is 3.41. The molecule has 3 N–H and O–H groups in total. The van der Waals surface area contributed by atoms with Gasteiger partial charge in [-0.3, -0.25) is 14.8 Å². The molecule has 1 aliphatic carbocycles. The van der Waals surface area contributed by atoms with Crippen LogP contribution in [0.3, 0.4) is 0 Å². The number of hydroxylamine groups is 1. The van der Waals surface area contributed by atoms with E-state index in [4.69, 9.17) is 5.21 Å². The molecule has 0 unspecified atom stereocenters. The Bertz CT molecular complexity index is 1030. The van der Waals surface area contributed by atoms with Crippen LogP contribution in [-0.2, 0) is 0 Å². The molecule has 2 aromatic carbocycles. The first-order valence-corrected chi connectivity index (χ1v) is 9.97. The molecule has 5 nitrogen and oxygen atoms in total. The van der Waals surface area contributed by atoms with Crippen LogP contribution < -0.4 is 10.8 Å². The van der Waals surface area contributed by atoms with E-state index in [1.165, 1.54) is 5.57 Å². The Hall–Kier alpha value is -3.40. The van der Waals surface area contributed by atoms with Gasteiger partial charge in [-0.05, 0) is 60.2 Å². The molecule has 2 amide bonds. The lowest BCUT2D eigenvalue weighted by Crippen LogP contribution is -2.31.